The molecule has 98 valence electrons. The first-order valence-corrected chi connectivity index (χ1v) is 5.77. The van der Waals surface area contributed by atoms with Crippen LogP contribution in [0.15, 0.2) is 48.7 Å². The molecule has 0 bridgehead atoms. The fraction of sp³-hybridized carbons (Fsp3) is 0.0769. The molecule has 0 saturated carbocycles. The third kappa shape index (κ3) is 3.51. The quantitative estimate of drug-likeness (QED) is 0.846. The molecule has 0 amide bonds. The molecule has 0 saturated heterocycles. The zero-order valence-electron chi connectivity index (χ0n) is 9.61. The van der Waals surface area contributed by atoms with E-state index >= 15 is 0 Å². The summed E-state index contributed by atoms with van der Waals surface area (Å²) in [6, 6.07) is 9.93. The predicted octanol–water partition coefficient (Wildman–Crippen LogP) is 3.89. The average molecular weight is 282 g/mol. The van der Waals surface area contributed by atoms with Crippen molar-refractivity contribution in [3.05, 3.63) is 59.9 Å². The van der Waals surface area contributed by atoms with Gasteiger partial charge >= 0.3 is 6.18 Å². The van der Waals surface area contributed by atoms with E-state index in [9.17, 15) is 13.2 Å². The summed E-state index contributed by atoms with van der Waals surface area (Å²) in [5.74, 6) is 0. The molecule has 0 aliphatic heterocycles. The monoisotopic (exact) mass is 282 g/mol. The summed E-state index contributed by atoms with van der Waals surface area (Å²) in [5, 5.41) is 2.84. The first kappa shape index (κ1) is 13.5. The lowest BCUT2D eigenvalue weighted by Gasteiger charge is -2.09. The molecule has 0 atom stereocenters. The Kier molecular flexibility index (Phi) is 3.80. The fourth-order valence-corrected chi connectivity index (χ4v) is 1.67. The van der Waals surface area contributed by atoms with E-state index in [-0.39, 0.29) is 0 Å². The summed E-state index contributed by atoms with van der Waals surface area (Å²) in [4.78, 5) is 4.41. The Morgan fingerprint density at radius 1 is 1.05 bits per heavy atom. The van der Waals surface area contributed by atoms with Crippen molar-refractivity contribution < 1.29 is 13.2 Å². The highest BCUT2D eigenvalue weighted by Gasteiger charge is 2.29. The smallest absolute Gasteiger partial charge is 0.345 e. The summed E-state index contributed by atoms with van der Waals surface area (Å²) in [6.07, 6.45) is -2.74. The van der Waals surface area contributed by atoms with Gasteiger partial charge in [-0.2, -0.15) is 13.2 Å². The average Bonchev–Trinajstić information content (AvgIpc) is 2.39. The first-order valence-electron chi connectivity index (χ1n) is 5.36. The lowest BCUT2D eigenvalue weighted by Crippen LogP contribution is -2.12. The third-order valence-electron chi connectivity index (χ3n) is 2.37. The van der Waals surface area contributed by atoms with Gasteiger partial charge in [0.2, 0.25) is 0 Å². The molecule has 0 fully saturated rings. The van der Waals surface area contributed by atoms with E-state index < -0.39 is 11.7 Å². The molecule has 2 rings (SSSR count). The van der Waals surface area contributed by atoms with Crippen LogP contribution >= 0.6 is 12.2 Å². The molecule has 1 aromatic carbocycles. The van der Waals surface area contributed by atoms with Crippen LogP contribution < -0.4 is 5.32 Å². The summed E-state index contributed by atoms with van der Waals surface area (Å²) in [7, 11) is 0. The zero-order chi connectivity index (χ0) is 13.9. The molecular weight excluding hydrogens is 273 g/mol. The molecule has 0 aliphatic rings. The number of anilines is 1. The lowest BCUT2D eigenvalue weighted by molar-refractivity contribution is -0.137. The molecule has 0 unspecified atom stereocenters. The van der Waals surface area contributed by atoms with Gasteiger partial charge in [0.25, 0.3) is 0 Å². The maximum absolute atomic E-state index is 12.4. The van der Waals surface area contributed by atoms with Crippen LogP contribution in [0.5, 0.6) is 0 Å². The Labute approximate surface area is 113 Å². The SMILES string of the molecule is FC(F)(F)c1ccc(NC(=S)c2ccccn2)cc1. The minimum Gasteiger partial charge on any atom is -0.345 e. The lowest BCUT2D eigenvalue weighted by atomic mass is 10.2. The number of nitrogens with zero attached hydrogens (tertiary/aromatic N) is 1. The molecule has 2 aromatic rings. The van der Waals surface area contributed by atoms with Gasteiger partial charge in [-0.15, -0.1) is 0 Å². The molecule has 2 nitrogen and oxygen atoms in total. The number of benzene rings is 1. The second kappa shape index (κ2) is 5.36. The van der Waals surface area contributed by atoms with Crippen molar-refractivity contribution in [3.8, 4) is 0 Å². The number of halogens is 3. The van der Waals surface area contributed by atoms with Gasteiger partial charge in [-0.05, 0) is 36.4 Å². The van der Waals surface area contributed by atoms with Crippen molar-refractivity contribution >= 4 is 22.9 Å². The Morgan fingerprint density at radius 2 is 1.74 bits per heavy atom. The molecule has 1 N–H and O–H groups in total. The largest absolute Gasteiger partial charge is 0.416 e. The van der Waals surface area contributed by atoms with Crippen molar-refractivity contribution in [1.82, 2.24) is 4.98 Å². The molecule has 19 heavy (non-hydrogen) atoms. The normalized spacial score (nSPS) is 11.1. The topological polar surface area (TPSA) is 24.9 Å². The highest BCUT2D eigenvalue weighted by molar-refractivity contribution is 7.81. The third-order valence-corrected chi connectivity index (χ3v) is 2.68. The van der Waals surface area contributed by atoms with Gasteiger partial charge in [0.15, 0.2) is 0 Å². The summed E-state index contributed by atoms with van der Waals surface area (Å²) in [5.41, 5.74) is 0.364. The van der Waals surface area contributed by atoms with Crippen molar-refractivity contribution in [2.75, 3.05) is 5.32 Å². The summed E-state index contributed by atoms with van der Waals surface area (Å²) >= 11 is 5.11. The Hall–Kier alpha value is -1.95. The number of nitrogens with one attached hydrogen (secondary N) is 1. The van der Waals surface area contributed by atoms with Crippen LogP contribution in [0.2, 0.25) is 0 Å². The molecule has 6 heteroatoms. The van der Waals surface area contributed by atoms with Gasteiger partial charge < -0.3 is 5.32 Å². The van der Waals surface area contributed by atoms with E-state index in [1.807, 2.05) is 0 Å². The summed E-state index contributed by atoms with van der Waals surface area (Å²) in [6.45, 7) is 0. The minimum absolute atomic E-state index is 0.361. The van der Waals surface area contributed by atoms with Crippen LogP contribution in [0.3, 0.4) is 0 Å². The van der Waals surface area contributed by atoms with E-state index in [1.165, 1.54) is 12.1 Å². The Morgan fingerprint density at radius 3 is 2.26 bits per heavy atom. The number of alkyl halides is 3. The minimum atomic E-state index is -4.33. The number of aromatic nitrogens is 1. The second-order valence-corrected chi connectivity index (χ2v) is 4.15. The van der Waals surface area contributed by atoms with Crippen LogP contribution in [0, 0.1) is 0 Å². The Bertz CT molecular complexity index is 565. The van der Waals surface area contributed by atoms with Gasteiger partial charge in [0.1, 0.15) is 4.99 Å². The van der Waals surface area contributed by atoms with Crippen molar-refractivity contribution in [2.45, 2.75) is 6.18 Å². The van der Waals surface area contributed by atoms with Crippen molar-refractivity contribution in [2.24, 2.45) is 0 Å². The van der Waals surface area contributed by atoms with Crippen LogP contribution in [-0.2, 0) is 6.18 Å². The van der Waals surface area contributed by atoms with Gasteiger partial charge in [-0.1, -0.05) is 18.3 Å². The highest BCUT2D eigenvalue weighted by Crippen LogP contribution is 2.29. The van der Waals surface area contributed by atoms with Crippen LogP contribution in [0.1, 0.15) is 11.3 Å². The summed E-state index contributed by atoms with van der Waals surface area (Å²) < 4.78 is 37.2. The van der Waals surface area contributed by atoms with Crippen LogP contribution in [0.25, 0.3) is 0 Å². The van der Waals surface area contributed by atoms with Crippen molar-refractivity contribution in [1.29, 1.82) is 0 Å². The van der Waals surface area contributed by atoms with Crippen LogP contribution in [-0.4, -0.2) is 9.97 Å². The van der Waals surface area contributed by atoms with E-state index in [0.29, 0.717) is 16.4 Å². The molecule has 1 heterocycles. The maximum Gasteiger partial charge on any atom is 0.416 e. The number of pyridine rings is 1. The maximum atomic E-state index is 12.4. The van der Waals surface area contributed by atoms with E-state index in [1.54, 1.807) is 24.4 Å². The van der Waals surface area contributed by atoms with Crippen molar-refractivity contribution in [3.63, 3.8) is 0 Å². The van der Waals surface area contributed by atoms with Crippen LogP contribution in [0.4, 0.5) is 18.9 Å². The molecule has 0 spiro atoms. The predicted molar refractivity (Wildman–Crippen MR) is 71.0 cm³/mol. The standard InChI is InChI=1S/C13H9F3N2S/c14-13(15,16)9-4-6-10(7-5-9)18-12(19)11-3-1-2-8-17-11/h1-8H,(H,18,19). The second-order valence-electron chi connectivity index (χ2n) is 3.74. The zero-order valence-corrected chi connectivity index (χ0v) is 10.4. The first-order chi connectivity index (χ1) is 8.97. The van der Waals surface area contributed by atoms with Gasteiger partial charge in [0, 0.05) is 11.9 Å². The fourth-order valence-electron chi connectivity index (χ4n) is 1.43. The van der Waals surface area contributed by atoms with E-state index in [2.05, 4.69) is 10.3 Å². The highest BCUT2D eigenvalue weighted by atomic mass is 32.1. The number of hydrogen-bond acceptors (Lipinski definition) is 2. The Balaban J connectivity index is 2.10. The van der Waals surface area contributed by atoms with Gasteiger partial charge in [0.05, 0.1) is 11.3 Å². The van der Waals surface area contributed by atoms with E-state index in [0.717, 1.165) is 12.1 Å². The molecular formula is C13H9F3N2S. The molecule has 0 radical (unpaired) electrons. The molecule has 1 aromatic heterocycles. The number of rotatable bonds is 2. The van der Waals surface area contributed by atoms with Gasteiger partial charge in [-0.3, -0.25) is 4.98 Å². The number of hydrogen-bond donors (Lipinski definition) is 1. The number of thiocarbonyl (C=S) groups is 1. The van der Waals surface area contributed by atoms with E-state index in [4.69, 9.17) is 12.2 Å². The van der Waals surface area contributed by atoms with Gasteiger partial charge in [-0.25, -0.2) is 0 Å². The molecule has 0 aliphatic carbocycles.